The summed E-state index contributed by atoms with van der Waals surface area (Å²) in [5.74, 6) is -3.81. The van der Waals surface area contributed by atoms with Gasteiger partial charge in [-0.1, -0.05) is 12.1 Å². The molecule has 0 spiro atoms. The molecule has 0 amide bonds. The summed E-state index contributed by atoms with van der Waals surface area (Å²) in [6.45, 7) is 9.62. The van der Waals surface area contributed by atoms with Gasteiger partial charge in [0.05, 0.1) is 28.5 Å². The summed E-state index contributed by atoms with van der Waals surface area (Å²) in [5.41, 5.74) is -0.679. The maximum Gasteiger partial charge on any atom is 0.303 e. The van der Waals surface area contributed by atoms with Crippen LogP contribution in [0.4, 0.5) is 30.4 Å². The largest absolute Gasteiger partial charge is 0.384 e. The van der Waals surface area contributed by atoms with E-state index in [1.54, 1.807) is 13.8 Å². The fourth-order valence-electron chi connectivity index (χ4n) is 4.47. The van der Waals surface area contributed by atoms with E-state index in [0.29, 0.717) is 11.6 Å². The van der Waals surface area contributed by atoms with Crippen molar-refractivity contribution in [1.29, 1.82) is 0 Å². The number of aliphatic hydroxyl groups is 1. The standard InChI is InChI=1S/C26H32F3N5O/c1-14(16-10-9-11-18(22(16)27)26(28,29)24(3,4)35)30-23-17-12-20-21(13-19(17)31-15(2)32-23)34(8)25(5,6)33(20)7/h9-14,35H,1-8H3,(H,30,31,32). The topological polar surface area (TPSA) is 64.5 Å². The molecule has 0 saturated heterocycles. The molecule has 0 aliphatic carbocycles. The molecule has 3 aromatic rings. The Hall–Kier alpha value is -3.07. The first-order valence-corrected chi connectivity index (χ1v) is 11.5. The maximum atomic E-state index is 15.3. The van der Waals surface area contributed by atoms with Crippen LogP contribution in [-0.4, -0.2) is 40.4 Å². The van der Waals surface area contributed by atoms with E-state index in [4.69, 9.17) is 0 Å². The van der Waals surface area contributed by atoms with E-state index < -0.39 is 28.9 Å². The quantitative estimate of drug-likeness (QED) is 0.479. The van der Waals surface area contributed by atoms with Gasteiger partial charge in [-0.25, -0.2) is 14.4 Å². The number of rotatable bonds is 5. The van der Waals surface area contributed by atoms with E-state index in [1.165, 1.54) is 12.1 Å². The Labute approximate surface area is 203 Å². The van der Waals surface area contributed by atoms with Crippen LogP contribution in [-0.2, 0) is 5.92 Å². The first-order valence-electron chi connectivity index (χ1n) is 11.5. The van der Waals surface area contributed by atoms with Crippen molar-refractivity contribution < 1.29 is 18.3 Å². The molecule has 2 aromatic carbocycles. The molecule has 1 aliphatic rings. The summed E-state index contributed by atoms with van der Waals surface area (Å²) in [6.07, 6.45) is 0. The SMILES string of the molecule is Cc1nc(NC(C)c2cccc(C(F)(F)C(C)(C)O)c2F)c2cc3c(cc2n1)N(C)C(C)(C)N3C. The van der Waals surface area contributed by atoms with Gasteiger partial charge in [-0.2, -0.15) is 8.78 Å². The van der Waals surface area contributed by atoms with Gasteiger partial charge in [-0.05, 0) is 59.7 Å². The maximum absolute atomic E-state index is 15.3. The number of hydrogen-bond donors (Lipinski definition) is 2. The Morgan fingerprint density at radius 3 is 2.26 bits per heavy atom. The van der Waals surface area contributed by atoms with Gasteiger partial charge in [-0.3, -0.25) is 0 Å². The highest BCUT2D eigenvalue weighted by atomic mass is 19.3. The van der Waals surface area contributed by atoms with E-state index in [9.17, 15) is 13.9 Å². The van der Waals surface area contributed by atoms with Crippen molar-refractivity contribution in [2.45, 2.75) is 64.8 Å². The number of alkyl halides is 2. The molecule has 6 nitrogen and oxygen atoms in total. The molecule has 0 fully saturated rings. The lowest BCUT2D eigenvalue weighted by molar-refractivity contribution is -0.170. The van der Waals surface area contributed by atoms with Gasteiger partial charge in [-0.15, -0.1) is 0 Å². The van der Waals surface area contributed by atoms with Crippen LogP contribution in [0.2, 0.25) is 0 Å². The Morgan fingerprint density at radius 2 is 1.66 bits per heavy atom. The second-order valence-electron chi connectivity index (χ2n) is 10.3. The number of hydrogen-bond acceptors (Lipinski definition) is 6. The van der Waals surface area contributed by atoms with Crippen LogP contribution >= 0.6 is 0 Å². The number of aromatic nitrogens is 2. The third-order valence-electron chi connectivity index (χ3n) is 7.22. The van der Waals surface area contributed by atoms with Crippen molar-refractivity contribution in [2.75, 3.05) is 29.2 Å². The van der Waals surface area contributed by atoms with E-state index >= 15 is 4.39 Å². The summed E-state index contributed by atoms with van der Waals surface area (Å²) in [6, 6.07) is 7.15. The highest BCUT2D eigenvalue weighted by Gasteiger charge is 2.49. The number of aryl methyl sites for hydroxylation is 1. The van der Waals surface area contributed by atoms with Gasteiger partial charge in [0.25, 0.3) is 0 Å². The van der Waals surface area contributed by atoms with E-state index in [-0.39, 0.29) is 11.2 Å². The Bertz CT molecular complexity index is 1300. The second kappa shape index (κ2) is 7.98. The van der Waals surface area contributed by atoms with E-state index in [0.717, 1.165) is 42.2 Å². The average Bonchev–Trinajstić information content (AvgIpc) is 2.91. The lowest BCUT2D eigenvalue weighted by Gasteiger charge is -2.36. The number of benzene rings is 2. The molecule has 1 atom stereocenters. The molecule has 9 heteroatoms. The Morgan fingerprint density at radius 1 is 1.06 bits per heavy atom. The molecule has 0 radical (unpaired) electrons. The molecule has 1 aliphatic heterocycles. The smallest absolute Gasteiger partial charge is 0.303 e. The molecule has 2 N–H and O–H groups in total. The van der Waals surface area contributed by atoms with Crippen molar-refractivity contribution in [1.82, 2.24) is 9.97 Å². The highest BCUT2D eigenvalue weighted by Crippen LogP contribution is 2.46. The van der Waals surface area contributed by atoms with Crippen LogP contribution in [0.1, 0.15) is 57.6 Å². The zero-order valence-electron chi connectivity index (χ0n) is 21.3. The van der Waals surface area contributed by atoms with Crippen molar-refractivity contribution in [2.24, 2.45) is 0 Å². The number of nitrogens with one attached hydrogen (secondary N) is 1. The molecular formula is C26H32F3N5O. The van der Waals surface area contributed by atoms with E-state index in [2.05, 4.69) is 38.9 Å². The zero-order valence-corrected chi connectivity index (χ0v) is 21.3. The van der Waals surface area contributed by atoms with Crippen LogP contribution in [0.25, 0.3) is 10.9 Å². The van der Waals surface area contributed by atoms with Crippen LogP contribution in [0, 0.1) is 12.7 Å². The van der Waals surface area contributed by atoms with Crippen LogP contribution < -0.4 is 15.1 Å². The minimum atomic E-state index is -3.77. The first-order chi connectivity index (χ1) is 16.1. The van der Waals surface area contributed by atoms with Gasteiger partial charge >= 0.3 is 5.92 Å². The average molecular weight is 488 g/mol. The molecular weight excluding hydrogens is 455 g/mol. The summed E-state index contributed by atoms with van der Waals surface area (Å²) in [5, 5.41) is 13.9. The molecule has 1 aromatic heterocycles. The van der Waals surface area contributed by atoms with Crippen molar-refractivity contribution >= 4 is 28.1 Å². The van der Waals surface area contributed by atoms with Crippen molar-refractivity contribution in [3.05, 3.63) is 53.1 Å². The normalized spacial score (nSPS) is 16.6. The monoisotopic (exact) mass is 487 g/mol. The Kier molecular flexibility index (Phi) is 5.71. The van der Waals surface area contributed by atoms with Crippen molar-refractivity contribution in [3.63, 3.8) is 0 Å². The number of nitrogens with zero attached hydrogens (tertiary/aromatic N) is 4. The minimum Gasteiger partial charge on any atom is -0.384 e. The molecule has 4 rings (SSSR count). The number of fused-ring (bicyclic) bond motifs is 2. The fourth-order valence-corrected chi connectivity index (χ4v) is 4.47. The molecule has 1 unspecified atom stereocenters. The molecule has 0 bridgehead atoms. The summed E-state index contributed by atoms with van der Waals surface area (Å²) in [4.78, 5) is 13.5. The summed E-state index contributed by atoms with van der Waals surface area (Å²) < 4.78 is 44.9. The summed E-state index contributed by atoms with van der Waals surface area (Å²) in [7, 11) is 4.05. The fraction of sp³-hybridized carbons (Fsp3) is 0.462. The van der Waals surface area contributed by atoms with Crippen molar-refractivity contribution in [3.8, 4) is 0 Å². The number of halogens is 3. The second-order valence-corrected chi connectivity index (χ2v) is 10.3. The summed E-state index contributed by atoms with van der Waals surface area (Å²) >= 11 is 0. The number of anilines is 3. The molecule has 35 heavy (non-hydrogen) atoms. The van der Waals surface area contributed by atoms with Crippen LogP contribution in [0.15, 0.2) is 30.3 Å². The van der Waals surface area contributed by atoms with Gasteiger partial charge in [0.15, 0.2) is 0 Å². The van der Waals surface area contributed by atoms with Gasteiger partial charge in [0.1, 0.15) is 28.7 Å². The third kappa shape index (κ3) is 3.86. The lowest BCUT2D eigenvalue weighted by Crippen LogP contribution is -2.48. The van der Waals surface area contributed by atoms with Gasteiger partial charge < -0.3 is 20.2 Å². The minimum absolute atomic E-state index is 0.0509. The zero-order chi connectivity index (χ0) is 26.1. The lowest BCUT2D eigenvalue weighted by atomic mass is 9.91. The molecule has 0 saturated carbocycles. The molecule has 2 heterocycles. The first kappa shape index (κ1) is 25.0. The molecule has 188 valence electrons. The predicted molar refractivity (Wildman–Crippen MR) is 134 cm³/mol. The van der Waals surface area contributed by atoms with Crippen LogP contribution in [0.3, 0.4) is 0 Å². The van der Waals surface area contributed by atoms with Crippen LogP contribution in [0.5, 0.6) is 0 Å². The Balaban J connectivity index is 1.78. The van der Waals surface area contributed by atoms with E-state index in [1.807, 2.05) is 26.2 Å². The van der Waals surface area contributed by atoms with Gasteiger partial charge in [0.2, 0.25) is 0 Å². The van der Waals surface area contributed by atoms with Gasteiger partial charge in [0, 0.05) is 25.0 Å². The predicted octanol–water partition coefficient (Wildman–Crippen LogP) is 5.74. The third-order valence-corrected chi connectivity index (χ3v) is 7.22. The highest BCUT2D eigenvalue weighted by molar-refractivity contribution is 5.98.